The van der Waals surface area contributed by atoms with Gasteiger partial charge in [0.1, 0.15) is 0 Å². The first-order chi connectivity index (χ1) is 10.9. The third kappa shape index (κ3) is 5.06. The van der Waals surface area contributed by atoms with Gasteiger partial charge in [-0.2, -0.15) is 0 Å². The van der Waals surface area contributed by atoms with Gasteiger partial charge >= 0.3 is 0 Å². The maximum absolute atomic E-state index is 12.0. The third-order valence-corrected chi connectivity index (χ3v) is 4.68. The van der Waals surface area contributed by atoms with Gasteiger partial charge in [0.25, 0.3) is 0 Å². The molecule has 23 heavy (non-hydrogen) atoms. The zero-order chi connectivity index (χ0) is 16.9. The highest BCUT2D eigenvalue weighted by molar-refractivity contribution is 7.99. The molecule has 0 saturated heterocycles. The lowest BCUT2D eigenvalue weighted by Gasteiger charge is -2.26. The lowest BCUT2D eigenvalue weighted by Crippen LogP contribution is -2.36. The number of carbonyl (C=O) groups is 1. The number of rotatable bonds is 7. The van der Waals surface area contributed by atoms with Crippen LogP contribution < -0.4 is 5.32 Å². The molecule has 0 spiro atoms. The van der Waals surface area contributed by atoms with Gasteiger partial charge in [0.2, 0.25) is 11.1 Å². The molecule has 0 bridgehead atoms. The number of thioether (sulfide) groups is 1. The van der Waals surface area contributed by atoms with E-state index in [-0.39, 0.29) is 11.3 Å². The molecule has 1 aromatic heterocycles. The molecule has 1 aromatic carbocycles. The number of amides is 1. The van der Waals surface area contributed by atoms with E-state index in [1.54, 1.807) is 11.7 Å². The molecule has 124 valence electrons. The number of nitrogens with one attached hydrogen (secondary N) is 1. The number of benzene rings is 1. The van der Waals surface area contributed by atoms with Gasteiger partial charge in [-0.1, -0.05) is 55.4 Å². The van der Waals surface area contributed by atoms with E-state index in [0.29, 0.717) is 18.7 Å². The average molecular weight is 333 g/mol. The Balaban J connectivity index is 1.78. The molecule has 0 saturated carbocycles. The SMILES string of the molecule is Cc1cccc(C(C)(C)CNC(=O)CCSc2nnnn2C)c1. The molecule has 0 fully saturated rings. The average Bonchev–Trinajstić information content (AvgIpc) is 2.91. The lowest BCUT2D eigenvalue weighted by molar-refractivity contribution is -0.120. The van der Waals surface area contributed by atoms with Crippen LogP contribution in [0.3, 0.4) is 0 Å². The van der Waals surface area contributed by atoms with Crippen molar-refractivity contribution in [2.24, 2.45) is 7.05 Å². The third-order valence-electron chi connectivity index (χ3n) is 3.67. The molecule has 2 aromatic rings. The summed E-state index contributed by atoms with van der Waals surface area (Å²) in [5.41, 5.74) is 2.37. The summed E-state index contributed by atoms with van der Waals surface area (Å²) in [6, 6.07) is 8.41. The quantitative estimate of drug-likeness (QED) is 0.786. The van der Waals surface area contributed by atoms with E-state index in [2.05, 4.69) is 65.9 Å². The molecule has 0 atom stereocenters. The van der Waals surface area contributed by atoms with Crippen molar-refractivity contribution in [1.29, 1.82) is 0 Å². The highest BCUT2D eigenvalue weighted by Gasteiger charge is 2.21. The highest BCUT2D eigenvalue weighted by atomic mass is 32.2. The normalized spacial score (nSPS) is 11.5. The molecular formula is C16H23N5OS. The van der Waals surface area contributed by atoms with Crippen molar-refractivity contribution in [3.8, 4) is 0 Å². The molecule has 1 N–H and O–H groups in total. The van der Waals surface area contributed by atoms with E-state index in [4.69, 9.17) is 0 Å². The first kappa shape index (κ1) is 17.5. The van der Waals surface area contributed by atoms with Crippen LogP contribution in [0.2, 0.25) is 0 Å². The van der Waals surface area contributed by atoms with E-state index in [1.165, 1.54) is 22.9 Å². The van der Waals surface area contributed by atoms with E-state index in [1.807, 2.05) is 0 Å². The monoisotopic (exact) mass is 333 g/mol. The van der Waals surface area contributed by atoms with Crippen molar-refractivity contribution in [3.63, 3.8) is 0 Å². The standard InChI is InChI=1S/C16H23N5OS/c1-12-6-5-7-13(10-12)16(2,3)11-17-14(22)8-9-23-15-18-19-20-21(15)4/h5-7,10H,8-9,11H2,1-4H3,(H,17,22). The Bertz CT molecular complexity index is 668. The second kappa shape index (κ2) is 7.59. The van der Waals surface area contributed by atoms with Crippen LogP contribution in [0.25, 0.3) is 0 Å². The predicted molar refractivity (Wildman–Crippen MR) is 91.4 cm³/mol. The number of aryl methyl sites for hydroxylation is 2. The molecule has 1 amide bonds. The second-order valence-corrected chi connectivity index (χ2v) is 7.28. The molecule has 7 heteroatoms. The summed E-state index contributed by atoms with van der Waals surface area (Å²) in [4.78, 5) is 12.0. The van der Waals surface area contributed by atoms with Crippen LogP contribution in [0.4, 0.5) is 0 Å². The van der Waals surface area contributed by atoms with Crippen molar-refractivity contribution in [3.05, 3.63) is 35.4 Å². The number of hydrogen-bond acceptors (Lipinski definition) is 5. The van der Waals surface area contributed by atoms with Gasteiger partial charge in [-0.15, -0.1) is 5.10 Å². The Labute approximate surface area is 141 Å². The summed E-state index contributed by atoms with van der Waals surface area (Å²) in [5, 5.41) is 15.0. The first-order valence-corrected chi connectivity index (χ1v) is 8.56. The number of nitrogens with zero attached hydrogens (tertiary/aromatic N) is 4. The molecule has 1 heterocycles. The largest absolute Gasteiger partial charge is 0.355 e. The molecule has 6 nitrogen and oxygen atoms in total. The summed E-state index contributed by atoms with van der Waals surface area (Å²) >= 11 is 1.48. The van der Waals surface area contributed by atoms with Crippen LogP contribution in [0.5, 0.6) is 0 Å². The smallest absolute Gasteiger partial charge is 0.220 e. The molecule has 2 rings (SSSR count). The lowest BCUT2D eigenvalue weighted by atomic mass is 9.84. The molecule has 0 aliphatic heterocycles. The minimum absolute atomic E-state index is 0.0494. The summed E-state index contributed by atoms with van der Waals surface area (Å²) in [7, 11) is 1.78. The van der Waals surface area contributed by atoms with Gasteiger partial charge in [-0.3, -0.25) is 4.79 Å². The number of hydrogen-bond donors (Lipinski definition) is 1. The first-order valence-electron chi connectivity index (χ1n) is 7.57. The fraction of sp³-hybridized carbons (Fsp3) is 0.500. The summed E-state index contributed by atoms with van der Waals surface area (Å²) in [6.07, 6.45) is 0.446. The van der Waals surface area contributed by atoms with Gasteiger partial charge in [-0.05, 0) is 22.9 Å². The van der Waals surface area contributed by atoms with Gasteiger partial charge in [-0.25, -0.2) is 4.68 Å². The Morgan fingerprint density at radius 1 is 1.39 bits per heavy atom. The van der Waals surface area contributed by atoms with Crippen LogP contribution in [0, 0.1) is 6.92 Å². The molecule has 0 unspecified atom stereocenters. The fourth-order valence-electron chi connectivity index (χ4n) is 2.15. The number of aromatic nitrogens is 4. The van der Waals surface area contributed by atoms with E-state index >= 15 is 0 Å². The summed E-state index contributed by atoms with van der Waals surface area (Å²) in [5.74, 6) is 0.707. The van der Waals surface area contributed by atoms with E-state index in [9.17, 15) is 4.79 Å². The molecule has 0 radical (unpaired) electrons. The zero-order valence-electron chi connectivity index (χ0n) is 14.0. The fourth-order valence-corrected chi connectivity index (χ4v) is 2.94. The molecule has 0 aliphatic carbocycles. The molecular weight excluding hydrogens is 310 g/mol. The maximum atomic E-state index is 12.0. The van der Waals surface area contributed by atoms with Gasteiger partial charge < -0.3 is 5.32 Å². The van der Waals surface area contributed by atoms with Crippen LogP contribution in [0.15, 0.2) is 29.4 Å². The second-order valence-electron chi connectivity index (χ2n) is 6.21. The van der Waals surface area contributed by atoms with E-state index in [0.717, 1.165) is 5.16 Å². The Hall–Kier alpha value is -1.89. The van der Waals surface area contributed by atoms with Crippen LogP contribution in [-0.4, -0.2) is 38.4 Å². The van der Waals surface area contributed by atoms with Gasteiger partial charge in [0.05, 0.1) is 0 Å². The minimum Gasteiger partial charge on any atom is -0.355 e. The molecule has 0 aliphatic rings. The topological polar surface area (TPSA) is 72.7 Å². The number of tetrazole rings is 1. The van der Waals surface area contributed by atoms with Gasteiger partial charge in [0, 0.05) is 31.2 Å². The number of carbonyl (C=O) groups excluding carboxylic acids is 1. The predicted octanol–water partition coefficient (Wildman–Crippen LogP) is 2.09. The van der Waals surface area contributed by atoms with Crippen molar-refractivity contribution >= 4 is 17.7 Å². The van der Waals surface area contributed by atoms with Crippen molar-refractivity contribution in [2.45, 2.75) is 37.8 Å². The summed E-state index contributed by atoms with van der Waals surface area (Å²) < 4.78 is 1.60. The van der Waals surface area contributed by atoms with Crippen LogP contribution >= 0.6 is 11.8 Å². The van der Waals surface area contributed by atoms with Crippen molar-refractivity contribution < 1.29 is 4.79 Å². The van der Waals surface area contributed by atoms with Gasteiger partial charge in [0.15, 0.2) is 0 Å². The summed E-state index contributed by atoms with van der Waals surface area (Å²) in [6.45, 7) is 6.98. The maximum Gasteiger partial charge on any atom is 0.220 e. The Morgan fingerprint density at radius 3 is 2.83 bits per heavy atom. The van der Waals surface area contributed by atoms with Crippen molar-refractivity contribution in [1.82, 2.24) is 25.5 Å². The Kier molecular flexibility index (Phi) is 5.76. The van der Waals surface area contributed by atoms with Crippen LogP contribution in [-0.2, 0) is 17.3 Å². The van der Waals surface area contributed by atoms with Crippen LogP contribution in [0.1, 0.15) is 31.4 Å². The Morgan fingerprint density at radius 2 is 2.17 bits per heavy atom. The van der Waals surface area contributed by atoms with E-state index < -0.39 is 0 Å². The zero-order valence-corrected chi connectivity index (χ0v) is 14.9. The minimum atomic E-state index is -0.0949. The highest BCUT2D eigenvalue weighted by Crippen LogP contribution is 2.23. The van der Waals surface area contributed by atoms with Crippen molar-refractivity contribution in [2.75, 3.05) is 12.3 Å².